The Hall–Kier alpha value is -2.72. The topological polar surface area (TPSA) is 249 Å². The molecule has 25 heteroatoms. The maximum Gasteiger partial charge on any atom is 0.389 e. The molecule has 5 N–H and O–H groups in total. The van der Waals surface area contributed by atoms with Gasteiger partial charge < -0.3 is 30.2 Å². The minimum atomic E-state index is -4.26. The second-order valence-corrected chi connectivity index (χ2v) is 19.8. The largest absolute Gasteiger partial charge is 0.389 e. The Morgan fingerprint density at radius 2 is 1.60 bits per heavy atom. The van der Waals surface area contributed by atoms with Crippen molar-refractivity contribution >= 4 is 70.2 Å². The number of aromatic nitrogens is 8. The van der Waals surface area contributed by atoms with Crippen LogP contribution in [0.2, 0.25) is 0 Å². The molecule has 0 saturated carbocycles. The van der Waals surface area contributed by atoms with Gasteiger partial charge in [-0.1, -0.05) is 11.4 Å². The third-order valence-corrected chi connectivity index (χ3v) is 15.1. The summed E-state index contributed by atoms with van der Waals surface area (Å²) in [6, 6.07) is 0. The number of halogens is 2. The zero-order valence-corrected chi connectivity index (χ0v) is 28.3. The van der Waals surface area contributed by atoms with Crippen LogP contribution in [0.25, 0.3) is 22.3 Å². The number of aromatic amines is 1. The molecule has 48 heavy (non-hydrogen) atoms. The van der Waals surface area contributed by atoms with E-state index in [0.717, 1.165) is 11.4 Å². The average Bonchev–Trinajstić information content (AvgIpc) is 3.83. The van der Waals surface area contributed by atoms with Crippen molar-refractivity contribution in [1.29, 1.82) is 0 Å². The van der Waals surface area contributed by atoms with Crippen LogP contribution in [0.5, 0.6) is 0 Å². The summed E-state index contributed by atoms with van der Waals surface area (Å²) >= 11 is 1.47. The van der Waals surface area contributed by atoms with Crippen LogP contribution in [0.4, 0.5) is 20.5 Å². The quantitative estimate of drug-likeness (QED) is 0.253. The number of hydrogen-bond donors (Lipinski definition) is 3. The highest BCUT2D eigenvalue weighted by molar-refractivity contribution is 8.56. The van der Waals surface area contributed by atoms with Crippen LogP contribution >= 0.6 is 36.1 Å². The molecule has 3 aliphatic rings. The zero-order chi connectivity index (χ0) is 34.0. The third kappa shape index (κ3) is 5.92. The van der Waals surface area contributed by atoms with E-state index in [1.54, 1.807) is 0 Å². The Kier molecular flexibility index (Phi) is 9.05. The van der Waals surface area contributed by atoms with Crippen molar-refractivity contribution in [2.45, 2.75) is 49.2 Å². The Bertz CT molecular complexity index is 2010. The van der Waals surface area contributed by atoms with Crippen molar-refractivity contribution in [3.63, 3.8) is 0 Å². The number of rotatable bonds is 4. The van der Waals surface area contributed by atoms with Gasteiger partial charge in [0.05, 0.1) is 25.9 Å². The van der Waals surface area contributed by atoms with E-state index in [9.17, 15) is 13.9 Å². The Morgan fingerprint density at radius 3 is 2.35 bits per heavy atom. The maximum absolute atomic E-state index is 16.2. The van der Waals surface area contributed by atoms with Crippen molar-refractivity contribution in [2.75, 3.05) is 43.5 Å². The number of imidazole rings is 2. The van der Waals surface area contributed by atoms with E-state index >= 15 is 8.78 Å². The zero-order valence-electron chi connectivity index (χ0n) is 24.9. The molecule has 3 aliphatic heterocycles. The molecule has 7 heterocycles. The number of nitrogen functional groups attached to an aromatic ring is 2. The van der Waals surface area contributed by atoms with E-state index in [1.807, 2.05) is 0 Å². The summed E-state index contributed by atoms with van der Waals surface area (Å²) in [5, 5.41) is 0. The van der Waals surface area contributed by atoms with Gasteiger partial charge >= 0.3 is 6.80 Å². The molecule has 0 aliphatic carbocycles. The number of nitrogens with one attached hydrogen (secondary N) is 1. The molecule has 2 bridgehead atoms. The fourth-order valence-electron chi connectivity index (χ4n) is 5.55. The van der Waals surface area contributed by atoms with E-state index in [2.05, 4.69) is 29.9 Å². The van der Waals surface area contributed by atoms with Crippen molar-refractivity contribution < 1.29 is 45.7 Å². The Balaban J connectivity index is 1.23. The second kappa shape index (κ2) is 12.9. The Labute approximate surface area is 276 Å². The standard InChI is InChI=1S/C23H28F2N10O9P2S2/c1-47-45(37)8-39-15-10(43-21(12(15)25)34-6-30-13-17(26)28-5-29-18(13)34)4-41-46(38,48-2)44-16-11(24)9(3-40-45)42-22(16)35-7-31-14-19(35)32-23(27)33-20(14)36/h5-7,9-12,15-16,21-22H,3-4,8H2,1-2H3,(H2,26,28,29)(H3,27,32,33,36)/t9-,10-,11-,12-,15-,16-,21-,22-,45?,46?/m1/s1. The fourth-order valence-corrected chi connectivity index (χ4v) is 9.72. The van der Waals surface area contributed by atoms with Gasteiger partial charge in [-0.15, -0.1) is 0 Å². The molecule has 4 aromatic heterocycles. The number of hydrogen-bond acceptors (Lipinski definition) is 18. The molecule has 4 aromatic rings. The van der Waals surface area contributed by atoms with E-state index in [-0.39, 0.29) is 34.1 Å². The van der Waals surface area contributed by atoms with Crippen molar-refractivity contribution in [3.8, 4) is 0 Å². The lowest BCUT2D eigenvalue weighted by atomic mass is 10.1. The van der Waals surface area contributed by atoms with Gasteiger partial charge in [0, 0.05) is 0 Å². The van der Waals surface area contributed by atoms with E-state index < -0.39 is 87.7 Å². The number of anilines is 2. The highest BCUT2D eigenvalue weighted by Crippen LogP contribution is 2.63. The lowest BCUT2D eigenvalue weighted by molar-refractivity contribution is -0.0547. The van der Waals surface area contributed by atoms with E-state index in [1.165, 1.54) is 40.6 Å². The molecule has 0 spiro atoms. The SMILES string of the molecule is CSP1(=O)CO[C@H]2[C@@H](F)[C@H](n3cnc4c(N)ncnc43)O[C@@H]2COP(=O)(SC)O[C@@H]2[C@H](F)[C@@H](CO1)O[C@H]2n1cnc2c(=O)[nH]c(N)nc21. The summed E-state index contributed by atoms with van der Waals surface area (Å²) in [7, 11) is 0. The molecule has 260 valence electrons. The first kappa shape index (κ1) is 33.8. The van der Waals surface area contributed by atoms with Gasteiger partial charge in [0.25, 0.3) is 12.1 Å². The van der Waals surface area contributed by atoms with Crippen LogP contribution in [0, 0.1) is 0 Å². The summed E-state index contributed by atoms with van der Waals surface area (Å²) in [5.74, 6) is -0.173. The van der Waals surface area contributed by atoms with Crippen molar-refractivity contribution in [1.82, 2.24) is 39.0 Å². The fraction of sp³-hybridized carbons (Fsp3) is 0.565. The number of ether oxygens (including phenoxy) is 3. The van der Waals surface area contributed by atoms with Gasteiger partial charge in [-0.05, 0) is 23.9 Å². The van der Waals surface area contributed by atoms with Gasteiger partial charge in [0.15, 0.2) is 47.4 Å². The highest BCUT2D eigenvalue weighted by atomic mass is 32.7. The van der Waals surface area contributed by atoms with Crippen LogP contribution in [-0.2, 0) is 36.9 Å². The maximum atomic E-state index is 16.2. The molecule has 10 atom stereocenters. The van der Waals surface area contributed by atoms with Crippen LogP contribution in [0.15, 0.2) is 23.8 Å². The molecule has 3 saturated heterocycles. The minimum Gasteiger partial charge on any atom is -0.382 e. The number of H-pyrrole nitrogens is 1. The normalized spacial score (nSPS) is 36.3. The van der Waals surface area contributed by atoms with Crippen molar-refractivity contribution in [2.24, 2.45) is 0 Å². The Morgan fingerprint density at radius 1 is 0.896 bits per heavy atom. The lowest BCUT2D eigenvalue weighted by Gasteiger charge is -2.27. The van der Waals surface area contributed by atoms with Gasteiger partial charge in [0.2, 0.25) is 5.95 Å². The lowest BCUT2D eigenvalue weighted by Crippen LogP contribution is -2.36. The van der Waals surface area contributed by atoms with Crippen molar-refractivity contribution in [3.05, 3.63) is 29.3 Å². The number of nitrogens with zero attached hydrogens (tertiary/aromatic N) is 7. The van der Waals surface area contributed by atoms with Gasteiger partial charge in [-0.2, -0.15) is 4.98 Å². The smallest absolute Gasteiger partial charge is 0.382 e. The van der Waals surface area contributed by atoms with E-state index in [0.29, 0.717) is 11.4 Å². The van der Waals surface area contributed by atoms with Crippen LogP contribution in [-0.4, -0.2) is 108 Å². The molecular weight excluding hydrogens is 724 g/mol. The molecule has 3 fully saturated rings. The first-order valence-electron chi connectivity index (χ1n) is 14.1. The number of nitrogens with two attached hydrogens (primary N) is 2. The summed E-state index contributed by atoms with van der Waals surface area (Å²) in [6.45, 7) is -9.15. The summed E-state index contributed by atoms with van der Waals surface area (Å²) in [5.41, 5.74) is 11.2. The summed E-state index contributed by atoms with van der Waals surface area (Å²) in [6.07, 6.45) is -6.48. The number of fused-ring (bicyclic) bond motifs is 5. The molecule has 19 nitrogen and oxygen atoms in total. The predicted molar refractivity (Wildman–Crippen MR) is 169 cm³/mol. The second-order valence-electron chi connectivity index (χ2n) is 10.7. The van der Waals surface area contributed by atoms with E-state index in [4.69, 9.17) is 39.2 Å². The van der Waals surface area contributed by atoms with Crippen LogP contribution < -0.4 is 17.0 Å². The first-order chi connectivity index (χ1) is 22.9. The molecule has 0 aromatic carbocycles. The van der Waals surface area contributed by atoms with Gasteiger partial charge in [-0.25, -0.2) is 33.3 Å². The highest BCUT2D eigenvalue weighted by Gasteiger charge is 2.53. The molecule has 2 unspecified atom stereocenters. The monoisotopic (exact) mass is 752 g/mol. The number of alkyl halides is 2. The van der Waals surface area contributed by atoms with Gasteiger partial charge in [0.1, 0.15) is 42.6 Å². The molecule has 7 rings (SSSR count). The molecule has 0 radical (unpaired) electrons. The molecular formula is C23H28F2N10O9P2S2. The first-order valence-corrected chi connectivity index (χ1v) is 21.1. The van der Waals surface area contributed by atoms with Crippen LogP contribution in [0.1, 0.15) is 12.5 Å². The van der Waals surface area contributed by atoms with Gasteiger partial charge in [-0.3, -0.25) is 32.5 Å². The minimum absolute atomic E-state index is 0.0640. The summed E-state index contributed by atoms with van der Waals surface area (Å²) in [4.78, 5) is 35.1. The van der Waals surface area contributed by atoms with Crippen LogP contribution in [0.3, 0.4) is 0 Å². The third-order valence-electron chi connectivity index (χ3n) is 7.93. The molecule has 0 amide bonds. The summed E-state index contributed by atoms with van der Waals surface area (Å²) < 4.78 is 97.7. The average molecular weight is 753 g/mol. The predicted octanol–water partition coefficient (Wildman–Crippen LogP) is 2.40.